The van der Waals surface area contributed by atoms with Crippen LogP contribution >= 0.6 is 23.1 Å². The van der Waals surface area contributed by atoms with Crippen LogP contribution in [0.15, 0.2) is 69.5 Å². The van der Waals surface area contributed by atoms with Crippen molar-refractivity contribution in [3.8, 4) is 17.6 Å². The molecule has 0 saturated carbocycles. The van der Waals surface area contributed by atoms with Crippen LogP contribution in [0.3, 0.4) is 0 Å². The average molecular weight is 593 g/mol. The molecule has 3 aromatic rings. The predicted molar refractivity (Wildman–Crippen MR) is 153 cm³/mol. The number of nitrogens with one attached hydrogen (secondary N) is 1. The number of carbonyl (C=O) groups is 2. The third kappa shape index (κ3) is 5.75. The van der Waals surface area contributed by atoms with Crippen LogP contribution in [0.1, 0.15) is 30.7 Å². The van der Waals surface area contributed by atoms with Gasteiger partial charge in [0, 0.05) is 41.6 Å². The van der Waals surface area contributed by atoms with E-state index in [4.69, 9.17) is 15.2 Å². The number of hydrogen-bond donors (Lipinski definition) is 2. The highest BCUT2D eigenvalue weighted by molar-refractivity contribution is 8.01. The number of benzene rings is 2. The van der Waals surface area contributed by atoms with Crippen molar-refractivity contribution in [2.45, 2.75) is 29.5 Å². The van der Waals surface area contributed by atoms with Gasteiger partial charge in [0.05, 0.1) is 37.5 Å². The van der Waals surface area contributed by atoms with Crippen LogP contribution in [-0.2, 0) is 9.59 Å². The number of halogens is 1. The van der Waals surface area contributed by atoms with Gasteiger partial charge >= 0.3 is 0 Å². The lowest BCUT2D eigenvalue weighted by molar-refractivity contribution is -0.116. The van der Waals surface area contributed by atoms with E-state index in [1.807, 2.05) is 0 Å². The molecular formula is C28H25FN6O4S2. The van der Waals surface area contributed by atoms with Crippen LogP contribution in [0.5, 0.6) is 11.5 Å². The molecule has 0 bridgehead atoms. The number of hydrogen-bond acceptors (Lipinski definition) is 11. The number of nitriles is 1. The quantitative estimate of drug-likeness (QED) is 0.352. The third-order valence-electron chi connectivity index (χ3n) is 6.67. The second kappa shape index (κ2) is 12.0. The number of methoxy groups -OCH3 is 2. The van der Waals surface area contributed by atoms with E-state index in [1.54, 1.807) is 35.2 Å². The molecule has 1 aliphatic carbocycles. The number of ether oxygens (including phenoxy) is 2. The predicted octanol–water partition coefficient (Wildman–Crippen LogP) is 4.73. The van der Waals surface area contributed by atoms with Crippen molar-refractivity contribution in [3.63, 3.8) is 0 Å². The molecule has 0 saturated heterocycles. The average Bonchev–Trinajstić information content (AvgIpc) is 3.44. The number of aromatic nitrogens is 2. The van der Waals surface area contributed by atoms with Crippen LogP contribution < -0.4 is 25.4 Å². The van der Waals surface area contributed by atoms with Crippen LogP contribution in [0.4, 0.5) is 15.2 Å². The van der Waals surface area contributed by atoms with Gasteiger partial charge in [-0.3, -0.25) is 14.5 Å². The second-order valence-corrected chi connectivity index (χ2v) is 11.3. The zero-order valence-electron chi connectivity index (χ0n) is 22.1. The van der Waals surface area contributed by atoms with Crippen molar-refractivity contribution in [1.29, 1.82) is 5.26 Å². The number of carbonyl (C=O) groups excluding carboxylic acids is 2. The summed E-state index contributed by atoms with van der Waals surface area (Å²) in [6, 6.07) is 13.0. The van der Waals surface area contributed by atoms with Gasteiger partial charge in [0.1, 0.15) is 23.1 Å². The molecule has 0 fully saturated rings. The van der Waals surface area contributed by atoms with Gasteiger partial charge in [0.25, 0.3) is 0 Å². The number of thioether (sulfide) groups is 1. The van der Waals surface area contributed by atoms with E-state index >= 15 is 0 Å². The summed E-state index contributed by atoms with van der Waals surface area (Å²) in [7, 11) is 3.05. The summed E-state index contributed by atoms with van der Waals surface area (Å²) < 4.78 is 24.6. The minimum atomic E-state index is -0.694. The third-order valence-corrected chi connectivity index (χ3v) is 8.71. The largest absolute Gasteiger partial charge is 0.497 e. The Kier molecular flexibility index (Phi) is 8.23. The molecule has 0 spiro atoms. The van der Waals surface area contributed by atoms with Crippen molar-refractivity contribution in [2.75, 3.05) is 30.2 Å². The zero-order valence-corrected chi connectivity index (χ0v) is 23.8. The summed E-state index contributed by atoms with van der Waals surface area (Å²) in [5.74, 6) is -0.174. The lowest BCUT2D eigenvalue weighted by atomic mass is 9.76. The van der Waals surface area contributed by atoms with Crippen molar-refractivity contribution in [2.24, 2.45) is 5.73 Å². The lowest BCUT2D eigenvalue weighted by Gasteiger charge is -2.38. The van der Waals surface area contributed by atoms with Crippen molar-refractivity contribution in [3.05, 3.63) is 76.5 Å². The first-order valence-corrected chi connectivity index (χ1v) is 14.3. The molecule has 1 unspecified atom stereocenters. The summed E-state index contributed by atoms with van der Waals surface area (Å²) in [6.45, 7) is 0. The Balaban J connectivity index is 1.38. The molecule has 1 aromatic heterocycles. The Labute approximate surface area is 243 Å². The SMILES string of the molecule is COc1cc(NC(=O)CSc2nnc(N3C(N)=C(C#N)C(c4ccc(F)cc4)C4=C3CCCC4=O)s2)cc(OC)c1. The number of amides is 1. The normalized spacial score (nSPS) is 16.8. The standard InChI is InChI=1S/C28H25FN6O4S2/c1-38-18-10-17(11-19(12-18)39-2)32-23(37)14-40-28-34-33-27(41-28)35-21-4-3-5-22(36)25(21)24(20(13-30)26(35)31)15-6-8-16(29)9-7-15/h6-12,24H,3-5,14,31H2,1-2H3,(H,32,37). The summed E-state index contributed by atoms with van der Waals surface area (Å²) in [5.41, 5.74) is 8.99. The van der Waals surface area contributed by atoms with Gasteiger partial charge in [-0.05, 0) is 30.5 Å². The summed E-state index contributed by atoms with van der Waals surface area (Å²) in [6.07, 6.45) is 1.51. The molecule has 1 aliphatic heterocycles. The van der Waals surface area contributed by atoms with Gasteiger partial charge in [-0.2, -0.15) is 5.26 Å². The molecule has 3 N–H and O–H groups in total. The van der Waals surface area contributed by atoms with Gasteiger partial charge in [0.15, 0.2) is 10.1 Å². The molecule has 10 nitrogen and oxygen atoms in total. The Morgan fingerprint density at radius 2 is 1.90 bits per heavy atom. The van der Waals surface area contributed by atoms with E-state index in [0.717, 1.165) is 0 Å². The maximum atomic E-state index is 13.6. The fourth-order valence-corrected chi connectivity index (χ4v) is 6.53. The molecule has 210 valence electrons. The molecule has 5 rings (SSSR count). The van der Waals surface area contributed by atoms with E-state index in [1.165, 1.54) is 49.5 Å². The molecular weight excluding hydrogens is 567 g/mol. The first-order valence-electron chi connectivity index (χ1n) is 12.5. The highest BCUT2D eigenvalue weighted by Gasteiger charge is 2.41. The fourth-order valence-electron chi connectivity index (χ4n) is 4.85. The summed E-state index contributed by atoms with van der Waals surface area (Å²) in [4.78, 5) is 27.5. The molecule has 41 heavy (non-hydrogen) atoms. The van der Waals surface area contributed by atoms with Crippen LogP contribution in [0.2, 0.25) is 0 Å². The first kappa shape index (κ1) is 28.1. The van der Waals surface area contributed by atoms with Crippen molar-refractivity contribution >= 4 is 45.6 Å². The fraction of sp³-hybridized carbons (Fsp3) is 0.250. The van der Waals surface area contributed by atoms with Gasteiger partial charge in [-0.25, -0.2) is 4.39 Å². The molecule has 2 aromatic carbocycles. The topological polar surface area (TPSA) is 143 Å². The van der Waals surface area contributed by atoms with Gasteiger partial charge in [0.2, 0.25) is 11.0 Å². The van der Waals surface area contributed by atoms with E-state index in [9.17, 15) is 19.2 Å². The molecule has 2 aliphatic rings. The molecule has 0 radical (unpaired) electrons. The molecule has 1 amide bonds. The Bertz CT molecular complexity index is 1590. The van der Waals surface area contributed by atoms with Crippen LogP contribution in [-0.4, -0.2) is 41.9 Å². The number of allylic oxidation sites excluding steroid dienone is 3. The van der Waals surface area contributed by atoms with Gasteiger partial charge in [-0.15, -0.1) is 10.2 Å². The van der Waals surface area contributed by atoms with Gasteiger partial charge < -0.3 is 20.5 Å². The number of anilines is 2. The minimum absolute atomic E-state index is 0.0575. The first-order chi connectivity index (χ1) is 19.8. The minimum Gasteiger partial charge on any atom is -0.497 e. The molecule has 2 heterocycles. The zero-order chi connectivity index (χ0) is 29.1. The van der Waals surface area contributed by atoms with Gasteiger partial charge in [-0.1, -0.05) is 35.2 Å². The highest BCUT2D eigenvalue weighted by Crippen LogP contribution is 2.47. The van der Waals surface area contributed by atoms with E-state index in [0.29, 0.717) is 62.8 Å². The van der Waals surface area contributed by atoms with Crippen molar-refractivity contribution in [1.82, 2.24) is 10.2 Å². The Morgan fingerprint density at radius 3 is 2.56 bits per heavy atom. The number of Topliss-reactive ketones (excluding diaryl/α,β-unsaturated/α-hetero) is 1. The van der Waals surface area contributed by atoms with E-state index < -0.39 is 11.7 Å². The van der Waals surface area contributed by atoms with E-state index in [2.05, 4.69) is 21.6 Å². The lowest BCUT2D eigenvalue weighted by Crippen LogP contribution is -2.38. The second-order valence-electron chi connectivity index (χ2n) is 9.16. The number of rotatable bonds is 8. The maximum Gasteiger partial charge on any atom is 0.234 e. The maximum absolute atomic E-state index is 13.6. The number of ketones is 1. The highest BCUT2D eigenvalue weighted by atomic mass is 32.2. The summed E-state index contributed by atoms with van der Waals surface area (Å²) in [5, 5.41) is 21.8. The van der Waals surface area contributed by atoms with Crippen LogP contribution in [0, 0.1) is 17.1 Å². The van der Waals surface area contributed by atoms with Crippen LogP contribution in [0.25, 0.3) is 0 Å². The molecule has 1 atom stereocenters. The van der Waals surface area contributed by atoms with E-state index in [-0.39, 0.29) is 28.8 Å². The number of nitrogens with two attached hydrogens (primary N) is 1. The monoisotopic (exact) mass is 592 g/mol. The Morgan fingerprint density at radius 1 is 1.20 bits per heavy atom. The Hall–Kier alpha value is -4.41. The number of nitrogens with zero attached hydrogens (tertiary/aromatic N) is 4. The molecule has 13 heteroatoms. The van der Waals surface area contributed by atoms with Crippen molar-refractivity contribution < 1.29 is 23.5 Å². The summed E-state index contributed by atoms with van der Waals surface area (Å²) >= 11 is 2.39. The smallest absolute Gasteiger partial charge is 0.234 e.